The molecule has 0 amide bonds. The first-order chi connectivity index (χ1) is 12.7. The molecule has 128 valence electrons. The second kappa shape index (κ2) is 5.59. The van der Waals surface area contributed by atoms with E-state index < -0.39 is 0 Å². The van der Waals surface area contributed by atoms with E-state index in [9.17, 15) is 4.79 Å². The summed E-state index contributed by atoms with van der Waals surface area (Å²) in [6, 6.07) is 18.1. The standard InChI is InChI=1S/C21H16N2O3/c1-2-23-17-11-19-18(25-12-26-19)10-16(17)20(22-21(23)24)15-8-7-13-5-3-4-6-14(13)9-15/h3-11H,2,12H2,1H3. The fourth-order valence-corrected chi connectivity index (χ4v) is 3.53. The van der Waals surface area contributed by atoms with Crippen LogP contribution in [-0.2, 0) is 6.54 Å². The molecule has 0 atom stereocenters. The fourth-order valence-electron chi connectivity index (χ4n) is 3.53. The van der Waals surface area contributed by atoms with Crippen LogP contribution >= 0.6 is 0 Å². The van der Waals surface area contributed by atoms with E-state index in [1.165, 1.54) is 0 Å². The van der Waals surface area contributed by atoms with Crippen molar-refractivity contribution >= 4 is 21.7 Å². The van der Waals surface area contributed by atoms with Gasteiger partial charge in [0, 0.05) is 23.6 Å². The number of aromatic nitrogens is 2. The molecule has 3 aromatic carbocycles. The van der Waals surface area contributed by atoms with Crippen LogP contribution in [0.15, 0.2) is 59.4 Å². The Bertz CT molecular complexity index is 1230. The minimum Gasteiger partial charge on any atom is -0.454 e. The average molecular weight is 344 g/mol. The molecule has 26 heavy (non-hydrogen) atoms. The van der Waals surface area contributed by atoms with Crippen molar-refractivity contribution in [3.63, 3.8) is 0 Å². The summed E-state index contributed by atoms with van der Waals surface area (Å²) in [5.41, 5.74) is 2.12. The Hall–Kier alpha value is -3.34. The molecule has 2 heterocycles. The maximum atomic E-state index is 12.6. The third kappa shape index (κ3) is 2.17. The van der Waals surface area contributed by atoms with Crippen LogP contribution in [0.5, 0.6) is 11.5 Å². The highest BCUT2D eigenvalue weighted by Crippen LogP contribution is 2.38. The SMILES string of the molecule is CCn1c(=O)nc(-c2ccc3ccccc3c2)c2cc3c(cc21)OCO3. The third-order valence-corrected chi connectivity index (χ3v) is 4.81. The van der Waals surface area contributed by atoms with Gasteiger partial charge >= 0.3 is 5.69 Å². The van der Waals surface area contributed by atoms with Crippen molar-refractivity contribution in [3.8, 4) is 22.8 Å². The van der Waals surface area contributed by atoms with Crippen LogP contribution in [0.4, 0.5) is 0 Å². The van der Waals surface area contributed by atoms with Gasteiger partial charge < -0.3 is 9.47 Å². The van der Waals surface area contributed by atoms with Crippen molar-refractivity contribution in [1.82, 2.24) is 9.55 Å². The lowest BCUT2D eigenvalue weighted by Gasteiger charge is -2.12. The zero-order valence-electron chi connectivity index (χ0n) is 14.2. The third-order valence-electron chi connectivity index (χ3n) is 4.81. The van der Waals surface area contributed by atoms with Crippen molar-refractivity contribution in [1.29, 1.82) is 0 Å². The van der Waals surface area contributed by atoms with Gasteiger partial charge in [-0.3, -0.25) is 4.57 Å². The first-order valence-electron chi connectivity index (χ1n) is 8.58. The van der Waals surface area contributed by atoms with Gasteiger partial charge in [-0.05, 0) is 29.8 Å². The van der Waals surface area contributed by atoms with Crippen LogP contribution in [0, 0.1) is 0 Å². The molecule has 0 saturated heterocycles. The van der Waals surface area contributed by atoms with E-state index in [2.05, 4.69) is 29.2 Å². The lowest BCUT2D eigenvalue weighted by molar-refractivity contribution is 0.174. The largest absolute Gasteiger partial charge is 0.454 e. The quantitative estimate of drug-likeness (QED) is 0.552. The van der Waals surface area contributed by atoms with Crippen LogP contribution in [0.2, 0.25) is 0 Å². The summed E-state index contributed by atoms with van der Waals surface area (Å²) in [7, 11) is 0. The van der Waals surface area contributed by atoms with Crippen molar-refractivity contribution in [2.75, 3.05) is 6.79 Å². The summed E-state index contributed by atoms with van der Waals surface area (Å²) in [6.07, 6.45) is 0. The molecule has 1 aliphatic rings. The summed E-state index contributed by atoms with van der Waals surface area (Å²) < 4.78 is 12.7. The Labute approximate surface area is 149 Å². The molecule has 1 aliphatic heterocycles. The summed E-state index contributed by atoms with van der Waals surface area (Å²) in [6.45, 7) is 2.67. The average Bonchev–Trinajstić information content (AvgIpc) is 3.13. The van der Waals surface area contributed by atoms with Crippen molar-refractivity contribution in [2.24, 2.45) is 0 Å². The lowest BCUT2D eigenvalue weighted by Crippen LogP contribution is -2.23. The van der Waals surface area contributed by atoms with Gasteiger partial charge in [-0.15, -0.1) is 0 Å². The van der Waals surface area contributed by atoms with Crippen LogP contribution < -0.4 is 15.2 Å². The maximum Gasteiger partial charge on any atom is 0.348 e. The Morgan fingerprint density at radius 2 is 1.77 bits per heavy atom. The van der Waals surface area contributed by atoms with Crippen LogP contribution in [0.3, 0.4) is 0 Å². The molecule has 0 spiro atoms. The minimum atomic E-state index is -0.262. The Morgan fingerprint density at radius 3 is 2.58 bits per heavy atom. The molecule has 0 N–H and O–H groups in total. The molecule has 1 aromatic heterocycles. The number of hydrogen-bond donors (Lipinski definition) is 0. The van der Waals surface area contributed by atoms with E-state index >= 15 is 0 Å². The highest BCUT2D eigenvalue weighted by molar-refractivity contribution is 5.97. The summed E-state index contributed by atoms with van der Waals surface area (Å²) in [5, 5.41) is 3.14. The van der Waals surface area contributed by atoms with Crippen LogP contribution in [0.1, 0.15) is 6.92 Å². The van der Waals surface area contributed by atoms with Gasteiger partial charge in [0.15, 0.2) is 11.5 Å². The summed E-state index contributed by atoms with van der Waals surface area (Å²) in [5.74, 6) is 1.34. The van der Waals surface area contributed by atoms with E-state index in [0.29, 0.717) is 23.7 Å². The van der Waals surface area contributed by atoms with Gasteiger partial charge in [-0.2, -0.15) is 4.98 Å². The molecule has 5 rings (SSSR count). The molecule has 5 nitrogen and oxygen atoms in total. The number of benzene rings is 3. The van der Waals surface area contributed by atoms with Gasteiger partial charge in [0.25, 0.3) is 0 Å². The first-order valence-corrected chi connectivity index (χ1v) is 8.58. The summed E-state index contributed by atoms with van der Waals surface area (Å²) in [4.78, 5) is 17.0. The molecule has 4 aromatic rings. The smallest absolute Gasteiger partial charge is 0.348 e. The number of rotatable bonds is 2. The van der Waals surface area contributed by atoms with Gasteiger partial charge in [-0.1, -0.05) is 36.4 Å². The number of nitrogens with zero attached hydrogens (tertiary/aromatic N) is 2. The molecule has 0 fully saturated rings. The molecule has 0 radical (unpaired) electrons. The molecule has 0 saturated carbocycles. The van der Waals surface area contributed by atoms with Gasteiger partial charge in [0.05, 0.1) is 11.2 Å². The van der Waals surface area contributed by atoms with E-state index in [4.69, 9.17) is 9.47 Å². The van der Waals surface area contributed by atoms with Crippen molar-refractivity contribution in [2.45, 2.75) is 13.5 Å². The topological polar surface area (TPSA) is 53.4 Å². The highest BCUT2D eigenvalue weighted by Gasteiger charge is 2.19. The van der Waals surface area contributed by atoms with Crippen LogP contribution in [-0.4, -0.2) is 16.3 Å². The minimum absolute atomic E-state index is 0.195. The predicted octanol–water partition coefficient (Wildman–Crippen LogP) is 3.97. The zero-order valence-corrected chi connectivity index (χ0v) is 14.2. The van der Waals surface area contributed by atoms with Crippen LogP contribution in [0.25, 0.3) is 32.9 Å². The highest BCUT2D eigenvalue weighted by atomic mass is 16.7. The molecular formula is C21H16N2O3. The number of ether oxygens (including phenoxy) is 2. The molecule has 5 heteroatoms. The number of hydrogen-bond acceptors (Lipinski definition) is 4. The number of fused-ring (bicyclic) bond motifs is 3. The molecule has 0 aliphatic carbocycles. The van der Waals surface area contributed by atoms with E-state index in [1.807, 2.05) is 37.3 Å². The van der Waals surface area contributed by atoms with Crippen molar-refractivity contribution < 1.29 is 9.47 Å². The van der Waals surface area contributed by atoms with E-state index in [0.717, 1.165) is 27.2 Å². The second-order valence-corrected chi connectivity index (χ2v) is 6.27. The summed E-state index contributed by atoms with van der Waals surface area (Å²) >= 11 is 0. The molecule has 0 unspecified atom stereocenters. The van der Waals surface area contributed by atoms with E-state index in [1.54, 1.807) is 4.57 Å². The maximum absolute atomic E-state index is 12.6. The van der Waals surface area contributed by atoms with E-state index in [-0.39, 0.29) is 12.5 Å². The first kappa shape index (κ1) is 15.0. The monoisotopic (exact) mass is 344 g/mol. The Balaban J connectivity index is 1.85. The van der Waals surface area contributed by atoms with Gasteiger partial charge in [-0.25, -0.2) is 4.79 Å². The zero-order chi connectivity index (χ0) is 17.7. The van der Waals surface area contributed by atoms with Crippen molar-refractivity contribution in [3.05, 3.63) is 65.1 Å². The van der Waals surface area contributed by atoms with Gasteiger partial charge in [0.2, 0.25) is 6.79 Å². The molecular weight excluding hydrogens is 328 g/mol. The Kier molecular flexibility index (Phi) is 3.22. The molecule has 0 bridgehead atoms. The fraction of sp³-hybridized carbons (Fsp3) is 0.143. The normalized spacial score (nSPS) is 12.8. The van der Waals surface area contributed by atoms with Gasteiger partial charge in [0.1, 0.15) is 0 Å². The second-order valence-electron chi connectivity index (χ2n) is 6.27. The Morgan fingerprint density at radius 1 is 1.00 bits per heavy atom. The lowest BCUT2D eigenvalue weighted by atomic mass is 10.0. The predicted molar refractivity (Wildman–Crippen MR) is 101 cm³/mol. The number of aryl methyl sites for hydroxylation is 1.